The van der Waals surface area contributed by atoms with Crippen LogP contribution in [0.5, 0.6) is 0 Å². The molecule has 0 atom stereocenters. The topological polar surface area (TPSA) is 104 Å². The van der Waals surface area contributed by atoms with Crippen LogP contribution in [0.3, 0.4) is 0 Å². The van der Waals surface area contributed by atoms with Gasteiger partial charge >= 0.3 is 0 Å². The molecule has 23 heavy (non-hydrogen) atoms. The molecule has 0 aliphatic heterocycles. The van der Waals surface area contributed by atoms with E-state index in [-0.39, 0.29) is 16.7 Å². The van der Waals surface area contributed by atoms with Gasteiger partial charge < -0.3 is 10.6 Å². The van der Waals surface area contributed by atoms with Gasteiger partial charge in [-0.15, -0.1) is 17.8 Å². The molecule has 0 aliphatic carbocycles. The number of carbonyl (C=O) groups is 2. The van der Waals surface area contributed by atoms with E-state index in [1.165, 1.54) is 18.3 Å². The summed E-state index contributed by atoms with van der Waals surface area (Å²) in [6, 6.07) is 3.34. The number of hydrogen-bond acceptors (Lipinski definition) is 6. The molecule has 2 heterocycles. The predicted octanol–water partition coefficient (Wildman–Crippen LogP) is 1.77. The number of aromatic nitrogens is 2. The lowest BCUT2D eigenvalue weighted by Gasteiger charge is -2.10. The summed E-state index contributed by atoms with van der Waals surface area (Å²) in [7, 11) is 0. The number of nitrogens with zero attached hydrogens (tertiary/aromatic N) is 1. The quantitative estimate of drug-likeness (QED) is 0.434. The Morgan fingerprint density at radius 3 is 2.87 bits per heavy atom. The highest BCUT2D eigenvalue weighted by Gasteiger charge is 2.17. The summed E-state index contributed by atoms with van der Waals surface area (Å²) in [5.74, 6) is 1.82. The third-order valence-electron chi connectivity index (χ3n) is 2.47. The average Bonchev–Trinajstić information content (AvgIpc) is 3.02. The van der Waals surface area contributed by atoms with Crippen molar-refractivity contribution in [3.8, 4) is 12.3 Å². The highest BCUT2D eigenvalue weighted by molar-refractivity contribution is 7.99. The summed E-state index contributed by atoms with van der Waals surface area (Å²) in [5, 5.41) is 6.90. The number of aromatic amines is 1. The van der Waals surface area contributed by atoms with Gasteiger partial charge in [0, 0.05) is 6.92 Å². The summed E-state index contributed by atoms with van der Waals surface area (Å²) in [5.41, 5.74) is -0.697. The van der Waals surface area contributed by atoms with Gasteiger partial charge in [-0.2, -0.15) is 0 Å². The Balaban J connectivity index is 2.36. The van der Waals surface area contributed by atoms with E-state index < -0.39 is 17.4 Å². The summed E-state index contributed by atoms with van der Waals surface area (Å²) >= 11 is 2.37. The third-order valence-corrected chi connectivity index (χ3v) is 4.11. The highest BCUT2D eigenvalue weighted by Crippen LogP contribution is 2.20. The van der Waals surface area contributed by atoms with Crippen LogP contribution in [-0.2, 0) is 4.79 Å². The molecule has 9 heteroatoms. The molecule has 0 fully saturated rings. The normalized spacial score (nSPS) is 9.91. The molecule has 0 aliphatic rings. The number of carbonyl (C=O) groups excluding carboxylic acids is 2. The first-order chi connectivity index (χ1) is 11.0. The predicted molar refractivity (Wildman–Crippen MR) is 91.0 cm³/mol. The van der Waals surface area contributed by atoms with E-state index >= 15 is 0 Å². The van der Waals surface area contributed by atoms with Gasteiger partial charge in [0.15, 0.2) is 16.7 Å². The Hall–Kier alpha value is -2.57. The number of amides is 2. The maximum absolute atomic E-state index is 12.2. The molecule has 0 bridgehead atoms. The van der Waals surface area contributed by atoms with E-state index in [9.17, 15) is 14.4 Å². The van der Waals surface area contributed by atoms with Crippen molar-refractivity contribution in [2.75, 3.05) is 16.4 Å². The van der Waals surface area contributed by atoms with Crippen LogP contribution < -0.4 is 16.2 Å². The Bertz CT molecular complexity index is 822. The molecule has 2 rings (SSSR count). The molecule has 0 radical (unpaired) electrons. The second-order valence-corrected chi connectivity index (χ2v) is 6.11. The minimum atomic E-state index is -0.576. The van der Waals surface area contributed by atoms with Crippen LogP contribution in [0.4, 0.5) is 11.5 Å². The summed E-state index contributed by atoms with van der Waals surface area (Å²) in [6.45, 7) is 1.28. The van der Waals surface area contributed by atoms with E-state index in [4.69, 9.17) is 6.42 Å². The van der Waals surface area contributed by atoms with Crippen LogP contribution in [0.2, 0.25) is 0 Å². The number of nitrogens with one attached hydrogen (secondary N) is 3. The highest BCUT2D eigenvalue weighted by atomic mass is 32.2. The van der Waals surface area contributed by atoms with Crippen LogP contribution in [0.1, 0.15) is 16.6 Å². The lowest BCUT2D eigenvalue weighted by atomic mass is 10.4. The summed E-state index contributed by atoms with van der Waals surface area (Å²) in [4.78, 5) is 42.6. The minimum absolute atomic E-state index is 0.0225. The zero-order chi connectivity index (χ0) is 16.8. The van der Waals surface area contributed by atoms with Crippen molar-refractivity contribution in [3.63, 3.8) is 0 Å². The third kappa shape index (κ3) is 4.45. The van der Waals surface area contributed by atoms with Crippen LogP contribution in [0, 0.1) is 12.3 Å². The van der Waals surface area contributed by atoms with E-state index in [1.807, 2.05) is 0 Å². The molecule has 0 spiro atoms. The fraction of sp³-hybridized carbons (Fsp3) is 0.143. The zero-order valence-corrected chi connectivity index (χ0v) is 13.6. The number of anilines is 2. The van der Waals surface area contributed by atoms with Gasteiger partial charge in [-0.1, -0.05) is 23.7 Å². The van der Waals surface area contributed by atoms with E-state index in [2.05, 4.69) is 26.5 Å². The largest absolute Gasteiger partial charge is 0.314 e. The van der Waals surface area contributed by atoms with Crippen molar-refractivity contribution in [1.82, 2.24) is 9.97 Å². The maximum atomic E-state index is 12.2. The van der Waals surface area contributed by atoms with Gasteiger partial charge in [-0.3, -0.25) is 19.4 Å². The van der Waals surface area contributed by atoms with Crippen molar-refractivity contribution in [2.24, 2.45) is 0 Å². The molecule has 0 saturated heterocycles. The molecular formula is C14H12N4O3S2. The van der Waals surface area contributed by atoms with Crippen molar-refractivity contribution >= 4 is 46.4 Å². The monoisotopic (exact) mass is 348 g/mol. The van der Waals surface area contributed by atoms with E-state index in [0.717, 1.165) is 11.8 Å². The Morgan fingerprint density at radius 2 is 2.26 bits per heavy atom. The van der Waals surface area contributed by atoms with Crippen LogP contribution >= 0.6 is 23.1 Å². The number of thiophene rings is 1. The van der Waals surface area contributed by atoms with Gasteiger partial charge in [0.05, 0.1) is 10.6 Å². The lowest BCUT2D eigenvalue weighted by molar-refractivity contribution is -0.114. The van der Waals surface area contributed by atoms with Gasteiger partial charge in [0.1, 0.15) is 0 Å². The second kappa shape index (κ2) is 7.62. The lowest BCUT2D eigenvalue weighted by Crippen LogP contribution is -2.24. The SMILES string of the molecule is C#CCSc1nc(NC(C)=O)c(NC(=O)c2cccs2)c(=O)[nH]1. The number of hydrogen-bond donors (Lipinski definition) is 3. The fourth-order valence-electron chi connectivity index (χ4n) is 1.59. The molecule has 2 aromatic heterocycles. The molecule has 2 aromatic rings. The smallest absolute Gasteiger partial charge is 0.277 e. The van der Waals surface area contributed by atoms with Crippen LogP contribution in [-0.4, -0.2) is 27.5 Å². The number of thioether (sulfide) groups is 1. The van der Waals surface area contributed by atoms with Crippen molar-refractivity contribution in [1.29, 1.82) is 0 Å². The molecule has 3 N–H and O–H groups in total. The Kier molecular flexibility index (Phi) is 5.56. The first-order valence-corrected chi connectivity index (χ1v) is 8.21. The van der Waals surface area contributed by atoms with Gasteiger partial charge in [-0.05, 0) is 11.4 Å². The van der Waals surface area contributed by atoms with E-state index in [1.54, 1.807) is 17.5 Å². The molecule has 2 amide bonds. The molecular weight excluding hydrogens is 336 g/mol. The Morgan fingerprint density at radius 1 is 1.48 bits per heavy atom. The summed E-state index contributed by atoms with van der Waals surface area (Å²) in [6.07, 6.45) is 5.17. The standard InChI is InChI=1S/C14H12N4O3S2/c1-3-6-23-14-17-11(15-8(2)19)10(13(21)18-14)16-12(20)9-5-4-7-22-9/h1,4-5,7H,6H2,2H3,(H,16,20)(H2,15,17,18,19,21). The molecule has 118 valence electrons. The summed E-state index contributed by atoms with van der Waals surface area (Å²) < 4.78 is 0. The van der Waals surface area contributed by atoms with Crippen LogP contribution in [0.25, 0.3) is 0 Å². The first-order valence-electron chi connectivity index (χ1n) is 6.34. The van der Waals surface area contributed by atoms with Gasteiger partial charge in [0.25, 0.3) is 11.5 Å². The van der Waals surface area contributed by atoms with Crippen molar-refractivity contribution < 1.29 is 9.59 Å². The van der Waals surface area contributed by atoms with Crippen molar-refractivity contribution in [2.45, 2.75) is 12.1 Å². The maximum Gasteiger partial charge on any atom is 0.277 e. The van der Waals surface area contributed by atoms with Crippen LogP contribution in [0.15, 0.2) is 27.5 Å². The first kappa shape index (κ1) is 16.8. The number of terminal acetylenes is 1. The molecule has 7 nitrogen and oxygen atoms in total. The minimum Gasteiger partial charge on any atom is -0.314 e. The number of rotatable bonds is 5. The average molecular weight is 348 g/mol. The van der Waals surface area contributed by atoms with E-state index in [0.29, 0.717) is 10.6 Å². The zero-order valence-electron chi connectivity index (χ0n) is 12.0. The molecule has 0 aromatic carbocycles. The fourth-order valence-corrected chi connectivity index (χ4v) is 2.75. The molecule has 0 saturated carbocycles. The number of H-pyrrole nitrogens is 1. The Labute approximate surface area is 139 Å². The van der Waals surface area contributed by atoms with Gasteiger partial charge in [0.2, 0.25) is 5.91 Å². The van der Waals surface area contributed by atoms with Crippen molar-refractivity contribution in [3.05, 3.63) is 32.7 Å². The second-order valence-electron chi connectivity index (χ2n) is 4.20. The molecule has 0 unspecified atom stereocenters. The van der Waals surface area contributed by atoms with Gasteiger partial charge in [-0.25, -0.2) is 4.98 Å².